The largest absolute Gasteiger partial charge is 0.435 e. The van der Waals surface area contributed by atoms with Gasteiger partial charge in [-0.1, -0.05) is 25.0 Å². The third-order valence-electron chi connectivity index (χ3n) is 5.40. The van der Waals surface area contributed by atoms with Gasteiger partial charge in [-0.15, -0.1) is 10.2 Å². The molecule has 1 saturated carbocycles. The van der Waals surface area contributed by atoms with Crippen LogP contribution in [0.2, 0.25) is 0 Å². The Morgan fingerprint density at radius 3 is 2.72 bits per heavy atom. The van der Waals surface area contributed by atoms with E-state index in [1.807, 2.05) is 0 Å². The molecule has 0 unspecified atom stereocenters. The lowest BCUT2D eigenvalue weighted by Gasteiger charge is -2.10. The fourth-order valence-corrected chi connectivity index (χ4v) is 3.69. The van der Waals surface area contributed by atoms with Crippen LogP contribution in [-0.2, 0) is 17.5 Å². The Kier molecular flexibility index (Phi) is 6.00. The molecular formula is C21H23F3N6O2. The van der Waals surface area contributed by atoms with E-state index in [1.54, 1.807) is 31.2 Å². The van der Waals surface area contributed by atoms with Crippen LogP contribution in [0.4, 0.5) is 13.2 Å². The summed E-state index contributed by atoms with van der Waals surface area (Å²) in [7, 11) is 0. The van der Waals surface area contributed by atoms with E-state index in [-0.39, 0.29) is 30.0 Å². The highest BCUT2D eigenvalue weighted by molar-refractivity contribution is 5.80. The van der Waals surface area contributed by atoms with Gasteiger partial charge in [0.05, 0.1) is 11.7 Å². The number of amides is 1. The van der Waals surface area contributed by atoms with Gasteiger partial charge in [-0.2, -0.15) is 18.3 Å². The number of hydrogen-bond acceptors (Lipinski definition) is 6. The van der Waals surface area contributed by atoms with Crippen molar-refractivity contribution in [3.63, 3.8) is 0 Å². The molecule has 1 amide bonds. The predicted molar refractivity (Wildman–Crippen MR) is 109 cm³/mol. The molecule has 0 bridgehead atoms. The molecule has 1 aliphatic rings. The summed E-state index contributed by atoms with van der Waals surface area (Å²) in [6.45, 7) is 1.73. The molecule has 0 aliphatic heterocycles. The minimum Gasteiger partial charge on any atom is -0.419 e. The van der Waals surface area contributed by atoms with Crippen molar-refractivity contribution in [2.45, 2.75) is 57.3 Å². The van der Waals surface area contributed by atoms with Crippen LogP contribution in [0, 0.1) is 0 Å². The van der Waals surface area contributed by atoms with E-state index in [4.69, 9.17) is 10.2 Å². The first-order chi connectivity index (χ1) is 15.2. The molecule has 3 N–H and O–H groups in total. The van der Waals surface area contributed by atoms with E-state index < -0.39 is 17.9 Å². The Morgan fingerprint density at radius 1 is 1.28 bits per heavy atom. The fourth-order valence-electron chi connectivity index (χ4n) is 3.69. The summed E-state index contributed by atoms with van der Waals surface area (Å²) in [5, 5.41) is 14.5. The average molecular weight is 448 g/mol. The van der Waals surface area contributed by atoms with Crippen LogP contribution in [0.5, 0.6) is 0 Å². The quantitative estimate of drug-likeness (QED) is 0.596. The Bertz CT molecular complexity index is 1100. The SMILES string of the molecule is C[C@H](N)C(=O)NCc1cccc(-n2nc(C(F)(F)F)cc2-c2nnc(C3CCCC3)o2)c1. The third kappa shape index (κ3) is 4.67. The molecule has 0 spiro atoms. The molecule has 0 saturated heterocycles. The second-order valence-electron chi connectivity index (χ2n) is 7.93. The minimum atomic E-state index is -4.64. The first-order valence-electron chi connectivity index (χ1n) is 10.4. The summed E-state index contributed by atoms with van der Waals surface area (Å²) in [5.74, 6) is 0.211. The molecule has 32 heavy (non-hydrogen) atoms. The summed E-state index contributed by atoms with van der Waals surface area (Å²) in [6.07, 6.45) is -0.680. The monoisotopic (exact) mass is 448 g/mol. The van der Waals surface area contributed by atoms with Gasteiger partial charge in [0, 0.05) is 18.5 Å². The highest BCUT2D eigenvalue weighted by Gasteiger charge is 2.36. The minimum absolute atomic E-state index is 0.0226. The molecule has 8 nitrogen and oxygen atoms in total. The van der Waals surface area contributed by atoms with Crippen molar-refractivity contribution in [1.82, 2.24) is 25.3 Å². The Labute approximate surface area is 182 Å². The molecule has 4 rings (SSSR count). The van der Waals surface area contributed by atoms with Gasteiger partial charge < -0.3 is 15.5 Å². The maximum atomic E-state index is 13.4. The number of hydrogen-bond donors (Lipinski definition) is 2. The van der Waals surface area contributed by atoms with Gasteiger partial charge in [-0.25, -0.2) is 4.68 Å². The topological polar surface area (TPSA) is 112 Å². The second-order valence-corrected chi connectivity index (χ2v) is 7.93. The molecule has 3 aromatic rings. The average Bonchev–Trinajstić information content (AvgIpc) is 3.51. The predicted octanol–water partition coefficient (Wildman–Crippen LogP) is 3.56. The molecule has 11 heteroatoms. The Morgan fingerprint density at radius 2 is 2.03 bits per heavy atom. The number of nitrogens with zero attached hydrogens (tertiary/aromatic N) is 4. The van der Waals surface area contributed by atoms with Gasteiger partial charge >= 0.3 is 6.18 Å². The van der Waals surface area contributed by atoms with Crippen molar-refractivity contribution < 1.29 is 22.4 Å². The Hall–Kier alpha value is -3.21. The normalized spacial score (nSPS) is 15.8. The number of aromatic nitrogens is 4. The van der Waals surface area contributed by atoms with E-state index in [0.717, 1.165) is 36.4 Å². The highest BCUT2D eigenvalue weighted by atomic mass is 19.4. The highest BCUT2D eigenvalue weighted by Crippen LogP contribution is 2.36. The molecule has 2 heterocycles. The molecular weight excluding hydrogens is 425 g/mol. The van der Waals surface area contributed by atoms with Crippen LogP contribution in [0.1, 0.15) is 55.7 Å². The van der Waals surface area contributed by atoms with Crippen LogP contribution < -0.4 is 11.1 Å². The van der Waals surface area contributed by atoms with Crippen LogP contribution in [0.15, 0.2) is 34.7 Å². The fraction of sp³-hybridized carbons (Fsp3) is 0.429. The lowest BCUT2D eigenvalue weighted by atomic mass is 10.1. The van der Waals surface area contributed by atoms with E-state index in [9.17, 15) is 18.0 Å². The lowest BCUT2D eigenvalue weighted by Crippen LogP contribution is -2.37. The van der Waals surface area contributed by atoms with Crippen LogP contribution in [0.3, 0.4) is 0 Å². The molecule has 1 fully saturated rings. The summed E-state index contributed by atoms with van der Waals surface area (Å²) < 4.78 is 47.2. The second kappa shape index (κ2) is 8.73. The van der Waals surface area contributed by atoms with Crippen molar-refractivity contribution in [3.05, 3.63) is 47.5 Å². The van der Waals surface area contributed by atoms with Gasteiger partial charge in [0.1, 0.15) is 5.69 Å². The summed E-state index contributed by atoms with van der Waals surface area (Å²) in [6, 6.07) is 6.88. The third-order valence-corrected chi connectivity index (χ3v) is 5.40. The number of halogens is 3. The smallest absolute Gasteiger partial charge is 0.419 e. The summed E-state index contributed by atoms with van der Waals surface area (Å²) in [5.41, 5.74) is 5.56. The van der Waals surface area contributed by atoms with Gasteiger partial charge in [-0.3, -0.25) is 4.79 Å². The van der Waals surface area contributed by atoms with E-state index in [1.165, 1.54) is 0 Å². The van der Waals surface area contributed by atoms with Crippen LogP contribution >= 0.6 is 0 Å². The molecule has 0 radical (unpaired) electrons. The number of alkyl halides is 3. The van der Waals surface area contributed by atoms with Gasteiger partial charge in [0.25, 0.3) is 5.89 Å². The molecule has 2 aromatic heterocycles. The van der Waals surface area contributed by atoms with E-state index in [0.29, 0.717) is 17.1 Å². The Balaban J connectivity index is 1.69. The van der Waals surface area contributed by atoms with Crippen molar-refractivity contribution in [1.29, 1.82) is 0 Å². The zero-order valence-electron chi connectivity index (χ0n) is 17.4. The number of carbonyl (C=O) groups excluding carboxylic acids is 1. The lowest BCUT2D eigenvalue weighted by molar-refractivity contribution is -0.141. The van der Waals surface area contributed by atoms with Crippen molar-refractivity contribution >= 4 is 5.91 Å². The maximum absolute atomic E-state index is 13.4. The number of nitrogens with two attached hydrogens (primary N) is 1. The zero-order valence-corrected chi connectivity index (χ0v) is 17.4. The number of rotatable bonds is 6. The summed E-state index contributed by atoms with van der Waals surface area (Å²) in [4.78, 5) is 11.7. The molecule has 1 atom stereocenters. The molecule has 170 valence electrons. The van der Waals surface area contributed by atoms with Gasteiger partial charge in [0.2, 0.25) is 11.8 Å². The standard InChI is InChI=1S/C21H23F3N6O2/c1-12(25)18(31)26-11-13-5-4-8-15(9-13)30-16(10-17(29-30)21(22,23)24)20-28-27-19(32-20)14-6-2-3-7-14/h4-5,8-10,12,14H,2-3,6-7,11,25H2,1H3,(H,26,31)/t12-/m0/s1. The molecule has 1 aromatic carbocycles. The van der Waals surface area contributed by atoms with Gasteiger partial charge in [0.15, 0.2) is 5.69 Å². The molecule has 1 aliphatic carbocycles. The van der Waals surface area contributed by atoms with Crippen molar-refractivity contribution in [3.8, 4) is 17.3 Å². The first-order valence-corrected chi connectivity index (χ1v) is 10.4. The number of carbonyl (C=O) groups is 1. The summed E-state index contributed by atoms with van der Waals surface area (Å²) >= 11 is 0. The number of nitrogens with one attached hydrogen (secondary N) is 1. The maximum Gasteiger partial charge on any atom is 0.435 e. The number of benzene rings is 1. The van der Waals surface area contributed by atoms with Gasteiger partial charge in [-0.05, 0) is 37.5 Å². The first kappa shape index (κ1) is 22.0. The van der Waals surface area contributed by atoms with Crippen LogP contribution in [-0.4, -0.2) is 31.9 Å². The van der Waals surface area contributed by atoms with E-state index >= 15 is 0 Å². The van der Waals surface area contributed by atoms with E-state index in [2.05, 4.69) is 20.6 Å². The van der Waals surface area contributed by atoms with Crippen LogP contribution in [0.25, 0.3) is 17.3 Å². The van der Waals surface area contributed by atoms with Crippen molar-refractivity contribution in [2.24, 2.45) is 5.73 Å². The zero-order chi connectivity index (χ0) is 22.9. The van der Waals surface area contributed by atoms with Crippen molar-refractivity contribution in [2.75, 3.05) is 0 Å².